The lowest BCUT2D eigenvalue weighted by molar-refractivity contribution is -0.385. The fourth-order valence-electron chi connectivity index (χ4n) is 1.15. The largest absolute Gasteiger partial charge is 0.272 e. The van der Waals surface area contributed by atoms with Crippen LogP contribution in [0.15, 0.2) is 12.1 Å². The van der Waals surface area contributed by atoms with Gasteiger partial charge in [0, 0.05) is 17.2 Å². The van der Waals surface area contributed by atoms with Gasteiger partial charge in [0.15, 0.2) is 0 Å². The number of nitrogens with zero attached hydrogens (tertiary/aromatic N) is 1. The zero-order valence-corrected chi connectivity index (χ0v) is 7.50. The summed E-state index contributed by atoms with van der Waals surface area (Å²) in [6.07, 6.45) is 5.23. The third kappa shape index (κ3) is 1.67. The van der Waals surface area contributed by atoms with Gasteiger partial charge in [-0.2, -0.15) is 0 Å². The van der Waals surface area contributed by atoms with E-state index in [9.17, 15) is 10.1 Å². The molecule has 1 aromatic carbocycles. The number of terminal acetylenes is 1. The zero-order valence-electron chi connectivity index (χ0n) is 7.50. The summed E-state index contributed by atoms with van der Waals surface area (Å²) < 4.78 is 0. The maximum atomic E-state index is 10.5. The average molecular weight is 175 g/mol. The summed E-state index contributed by atoms with van der Waals surface area (Å²) in [5.74, 6) is 2.48. The van der Waals surface area contributed by atoms with Gasteiger partial charge in [0.05, 0.1) is 4.92 Å². The van der Waals surface area contributed by atoms with Crippen LogP contribution in [0.25, 0.3) is 0 Å². The quantitative estimate of drug-likeness (QED) is 0.373. The normalized spacial score (nSPS) is 9.31. The third-order valence-corrected chi connectivity index (χ3v) is 1.90. The number of hydrogen-bond acceptors (Lipinski definition) is 2. The van der Waals surface area contributed by atoms with Crippen molar-refractivity contribution < 1.29 is 4.92 Å². The molecular formula is C10H9NO2. The first-order chi connectivity index (χ1) is 6.06. The first-order valence-electron chi connectivity index (χ1n) is 3.78. The zero-order chi connectivity index (χ0) is 10.0. The number of benzene rings is 1. The molecule has 0 aromatic heterocycles. The Labute approximate surface area is 76.5 Å². The van der Waals surface area contributed by atoms with Gasteiger partial charge in [-0.3, -0.25) is 10.1 Å². The molecular weight excluding hydrogens is 166 g/mol. The highest BCUT2D eigenvalue weighted by Gasteiger charge is 2.11. The minimum Gasteiger partial charge on any atom is -0.258 e. The maximum Gasteiger partial charge on any atom is 0.272 e. The van der Waals surface area contributed by atoms with Gasteiger partial charge in [-0.15, -0.1) is 6.42 Å². The third-order valence-electron chi connectivity index (χ3n) is 1.90. The summed E-state index contributed by atoms with van der Waals surface area (Å²) in [7, 11) is 0. The van der Waals surface area contributed by atoms with Gasteiger partial charge in [-0.25, -0.2) is 0 Å². The van der Waals surface area contributed by atoms with E-state index in [1.807, 2.05) is 0 Å². The Bertz CT molecular complexity index is 402. The van der Waals surface area contributed by atoms with E-state index in [2.05, 4.69) is 5.92 Å². The molecule has 66 valence electrons. The molecule has 0 saturated heterocycles. The van der Waals surface area contributed by atoms with E-state index in [-0.39, 0.29) is 5.69 Å². The molecule has 0 unspecified atom stereocenters. The Morgan fingerprint density at radius 2 is 2.00 bits per heavy atom. The number of nitro benzene ring substituents is 1. The second-order valence-electron chi connectivity index (χ2n) is 2.86. The van der Waals surface area contributed by atoms with Crippen molar-refractivity contribution in [3.8, 4) is 12.3 Å². The molecule has 0 aliphatic rings. The predicted molar refractivity (Wildman–Crippen MR) is 50.5 cm³/mol. The molecule has 1 rings (SSSR count). The molecule has 0 saturated carbocycles. The van der Waals surface area contributed by atoms with Crippen LogP contribution in [-0.4, -0.2) is 4.92 Å². The van der Waals surface area contributed by atoms with Gasteiger partial charge >= 0.3 is 0 Å². The van der Waals surface area contributed by atoms with Crippen LogP contribution in [0.2, 0.25) is 0 Å². The molecule has 3 heteroatoms. The van der Waals surface area contributed by atoms with Crippen LogP contribution in [-0.2, 0) is 0 Å². The minimum absolute atomic E-state index is 0.122. The number of nitro groups is 1. The van der Waals surface area contributed by atoms with E-state index in [0.29, 0.717) is 11.1 Å². The molecule has 1 aromatic rings. The van der Waals surface area contributed by atoms with Crippen molar-refractivity contribution in [3.05, 3.63) is 38.9 Å². The van der Waals surface area contributed by atoms with Crippen molar-refractivity contribution in [1.82, 2.24) is 0 Å². The second-order valence-corrected chi connectivity index (χ2v) is 2.86. The molecule has 13 heavy (non-hydrogen) atoms. The van der Waals surface area contributed by atoms with Crippen LogP contribution in [0.3, 0.4) is 0 Å². The van der Waals surface area contributed by atoms with Crippen molar-refractivity contribution in [1.29, 1.82) is 0 Å². The van der Waals surface area contributed by atoms with Crippen LogP contribution in [0, 0.1) is 36.3 Å². The Morgan fingerprint density at radius 1 is 1.38 bits per heavy atom. The fraction of sp³-hybridized carbons (Fsp3) is 0.200. The fourth-order valence-corrected chi connectivity index (χ4v) is 1.15. The summed E-state index contributed by atoms with van der Waals surface area (Å²) >= 11 is 0. The number of rotatable bonds is 1. The van der Waals surface area contributed by atoms with Crippen molar-refractivity contribution >= 4 is 5.69 Å². The topological polar surface area (TPSA) is 43.1 Å². The molecule has 0 atom stereocenters. The van der Waals surface area contributed by atoms with Gasteiger partial charge in [0.1, 0.15) is 0 Å². The first-order valence-corrected chi connectivity index (χ1v) is 3.78. The Morgan fingerprint density at radius 3 is 2.46 bits per heavy atom. The average Bonchev–Trinajstić information content (AvgIpc) is 2.07. The monoisotopic (exact) mass is 175 g/mol. The highest BCUT2D eigenvalue weighted by Crippen LogP contribution is 2.21. The summed E-state index contributed by atoms with van der Waals surface area (Å²) in [4.78, 5) is 10.1. The SMILES string of the molecule is C#Cc1cc(C)c([N+](=O)[O-])cc1C. The van der Waals surface area contributed by atoms with Crippen molar-refractivity contribution in [2.45, 2.75) is 13.8 Å². The maximum absolute atomic E-state index is 10.5. The summed E-state index contributed by atoms with van der Waals surface area (Å²) in [5, 5.41) is 10.5. The van der Waals surface area contributed by atoms with Crippen molar-refractivity contribution in [2.24, 2.45) is 0 Å². The molecule has 0 N–H and O–H groups in total. The summed E-state index contributed by atoms with van der Waals surface area (Å²) in [6, 6.07) is 3.16. The highest BCUT2D eigenvalue weighted by molar-refractivity contribution is 5.51. The van der Waals surface area contributed by atoms with Gasteiger partial charge in [0.25, 0.3) is 5.69 Å². The van der Waals surface area contributed by atoms with E-state index in [1.54, 1.807) is 19.9 Å². The number of hydrogen-bond donors (Lipinski definition) is 0. The predicted octanol–water partition coefficient (Wildman–Crippen LogP) is 2.19. The molecule has 0 aliphatic carbocycles. The van der Waals surface area contributed by atoms with Gasteiger partial charge < -0.3 is 0 Å². The molecule has 0 spiro atoms. The van der Waals surface area contributed by atoms with E-state index in [1.165, 1.54) is 6.07 Å². The standard InChI is InChI=1S/C10H9NO2/c1-4-9-5-8(3)10(11(12)13)6-7(9)2/h1,5-6H,2-3H3. The summed E-state index contributed by atoms with van der Waals surface area (Å²) in [6.45, 7) is 3.44. The lowest BCUT2D eigenvalue weighted by Gasteiger charge is -2.01. The smallest absolute Gasteiger partial charge is 0.258 e. The minimum atomic E-state index is -0.400. The molecule has 3 nitrogen and oxygen atoms in total. The lowest BCUT2D eigenvalue weighted by Crippen LogP contribution is -1.94. The van der Waals surface area contributed by atoms with Crippen LogP contribution in [0.5, 0.6) is 0 Å². The van der Waals surface area contributed by atoms with Crippen molar-refractivity contribution in [3.63, 3.8) is 0 Å². The van der Waals surface area contributed by atoms with Crippen LogP contribution >= 0.6 is 0 Å². The molecule has 0 bridgehead atoms. The van der Waals surface area contributed by atoms with Crippen molar-refractivity contribution in [2.75, 3.05) is 0 Å². The van der Waals surface area contributed by atoms with E-state index in [0.717, 1.165) is 5.56 Å². The second kappa shape index (κ2) is 3.28. The number of aryl methyl sites for hydroxylation is 2. The Hall–Kier alpha value is -1.82. The van der Waals surface area contributed by atoms with E-state index < -0.39 is 4.92 Å². The Kier molecular flexibility index (Phi) is 2.34. The van der Waals surface area contributed by atoms with E-state index >= 15 is 0 Å². The Balaban J connectivity index is 3.39. The van der Waals surface area contributed by atoms with Gasteiger partial charge in [0.2, 0.25) is 0 Å². The first kappa shape index (κ1) is 9.27. The molecule has 0 aliphatic heterocycles. The molecule has 0 fully saturated rings. The van der Waals surface area contributed by atoms with Gasteiger partial charge in [-0.05, 0) is 25.5 Å². The highest BCUT2D eigenvalue weighted by atomic mass is 16.6. The van der Waals surface area contributed by atoms with Crippen LogP contribution < -0.4 is 0 Å². The molecule has 0 heterocycles. The summed E-state index contributed by atoms with van der Waals surface area (Å²) in [5.41, 5.74) is 2.20. The van der Waals surface area contributed by atoms with E-state index in [4.69, 9.17) is 6.42 Å². The van der Waals surface area contributed by atoms with Crippen LogP contribution in [0.1, 0.15) is 16.7 Å². The van der Waals surface area contributed by atoms with Crippen LogP contribution in [0.4, 0.5) is 5.69 Å². The molecule has 0 amide bonds. The molecule has 0 radical (unpaired) electrons. The lowest BCUT2D eigenvalue weighted by atomic mass is 10.0. The van der Waals surface area contributed by atoms with Gasteiger partial charge in [-0.1, -0.05) is 5.92 Å².